The van der Waals surface area contributed by atoms with E-state index in [9.17, 15) is 14.4 Å². The van der Waals surface area contributed by atoms with E-state index in [1.165, 1.54) is 18.6 Å². The second kappa shape index (κ2) is 33.1. The van der Waals surface area contributed by atoms with Crippen molar-refractivity contribution >= 4 is 128 Å². The maximum absolute atomic E-state index is 12.8. The van der Waals surface area contributed by atoms with Gasteiger partial charge in [-0.15, -0.1) is 0 Å². The first-order valence-electron chi connectivity index (χ1n) is 29.3. The van der Waals surface area contributed by atoms with Crippen molar-refractivity contribution in [1.29, 1.82) is 10.8 Å². The van der Waals surface area contributed by atoms with Crippen LogP contribution < -0.4 is 31.9 Å². The van der Waals surface area contributed by atoms with Crippen LogP contribution in [0.15, 0.2) is 193 Å². The highest BCUT2D eigenvalue weighted by Crippen LogP contribution is 2.26. The zero-order chi connectivity index (χ0) is 65.8. The summed E-state index contributed by atoms with van der Waals surface area (Å²) in [5.74, 6) is 2.34. The minimum Gasteiger partial charge on any atom is -0.380 e. The molecule has 1 saturated heterocycles. The van der Waals surface area contributed by atoms with E-state index in [4.69, 9.17) is 73.6 Å². The van der Waals surface area contributed by atoms with Crippen molar-refractivity contribution in [3.8, 4) is 0 Å². The van der Waals surface area contributed by atoms with E-state index in [0.717, 1.165) is 71.1 Å². The maximum atomic E-state index is 12.8. The van der Waals surface area contributed by atoms with E-state index in [-0.39, 0.29) is 17.7 Å². The summed E-state index contributed by atoms with van der Waals surface area (Å²) in [5, 5.41) is 37.1. The van der Waals surface area contributed by atoms with Gasteiger partial charge in [0, 0.05) is 123 Å². The number of aromatic nitrogens is 3. The smallest absolute Gasteiger partial charge is 0.258 e. The number of hydrogen-bond donors (Lipinski definition) is 8. The monoisotopic (exact) mass is 1340 g/mol. The Hall–Kier alpha value is -9.60. The van der Waals surface area contributed by atoms with Crippen molar-refractivity contribution < 1.29 is 19.1 Å². The van der Waals surface area contributed by atoms with Gasteiger partial charge in [-0.05, 0) is 102 Å². The first-order valence-corrected chi connectivity index (χ1v) is 31.2. The fraction of sp³-hybridized carbons (Fsp3) is 0.174. The highest BCUT2D eigenvalue weighted by atomic mass is 35.5. The Morgan fingerprint density at radius 1 is 0.495 bits per heavy atom. The third kappa shape index (κ3) is 19.7. The highest BCUT2D eigenvalue weighted by molar-refractivity contribution is 6.32. The average molecular weight is 1350 g/mol. The summed E-state index contributed by atoms with van der Waals surface area (Å²) in [4.78, 5) is 61.1. The largest absolute Gasteiger partial charge is 0.380 e. The van der Waals surface area contributed by atoms with E-state index >= 15 is 0 Å². The number of likely N-dealkylation sites (N-methyl/N-ethyl adjacent to an activating group) is 1. The molecule has 19 nitrogen and oxygen atoms in total. The second-order valence-electron chi connectivity index (χ2n) is 21.3. The van der Waals surface area contributed by atoms with Crippen LogP contribution in [-0.2, 0) is 24.4 Å². The molecular weight excluding hydrogens is 1280 g/mol. The van der Waals surface area contributed by atoms with Crippen LogP contribution in [0.3, 0.4) is 0 Å². The summed E-state index contributed by atoms with van der Waals surface area (Å²) in [6.45, 7) is 6.21. The number of amidine groups is 3. The van der Waals surface area contributed by atoms with Gasteiger partial charge in [-0.1, -0.05) is 143 Å². The number of rotatable bonds is 18. The molecule has 0 saturated carbocycles. The van der Waals surface area contributed by atoms with Crippen molar-refractivity contribution in [2.75, 3.05) is 92.4 Å². The van der Waals surface area contributed by atoms with Gasteiger partial charge in [0.05, 0.1) is 51.5 Å². The van der Waals surface area contributed by atoms with Gasteiger partial charge in [-0.25, -0.2) is 15.0 Å². The molecule has 1 fully saturated rings. The molecule has 2 aliphatic rings. The van der Waals surface area contributed by atoms with Crippen LogP contribution in [0.1, 0.15) is 64.5 Å². The molecule has 0 atom stereocenters. The number of anilines is 6. The number of benzene rings is 6. The number of halogens is 5. The maximum Gasteiger partial charge on any atom is 0.258 e. The van der Waals surface area contributed by atoms with Crippen molar-refractivity contribution in [3.63, 3.8) is 0 Å². The number of ether oxygens (including phenoxy) is 1. The molecule has 3 amide bonds. The Kier molecular flexibility index (Phi) is 24.1. The third-order valence-electron chi connectivity index (χ3n) is 14.5. The van der Waals surface area contributed by atoms with Crippen molar-refractivity contribution in [3.05, 3.63) is 264 Å². The summed E-state index contributed by atoms with van der Waals surface area (Å²) in [6.07, 6.45) is 4.44. The van der Waals surface area contributed by atoms with Gasteiger partial charge in [0.1, 0.15) is 35.0 Å². The molecule has 2 aliphatic heterocycles. The van der Waals surface area contributed by atoms with Gasteiger partial charge in [0.2, 0.25) is 0 Å². The van der Waals surface area contributed by atoms with Crippen molar-refractivity contribution in [2.24, 2.45) is 4.99 Å². The van der Waals surface area contributed by atoms with Crippen LogP contribution in [0, 0.1) is 10.8 Å². The van der Waals surface area contributed by atoms with E-state index < -0.39 is 0 Å². The lowest BCUT2D eigenvalue weighted by molar-refractivity contribution is 0.0680. The minimum absolute atomic E-state index is 0.253. The molecule has 0 spiro atoms. The van der Waals surface area contributed by atoms with E-state index in [1.807, 2.05) is 92.8 Å². The number of para-hydroxylation sites is 1. The number of carbonyl (C=O) groups excluding carboxylic acids is 3. The van der Waals surface area contributed by atoms with Crippen molar-refractivity contribution in [2.45, 2.75) is 19.6 Å². The molecule has 9 aromatic rings. The average Bonchev–Trinajstić information content (AvgIpc) is 2.87. The van der Waals surface area contributed by atoms with Gasteiger partial charge in [0.25, 0.3) is 17.7 Å². The Morgan fingerprint density at radius 2 is 0.903 bits per heavy atom. The Morgan fingerprint density at radius 3 is 1.32 bits per heavy atom. The lowest BCUT2D eigenvalue weighted by Crippen LogP contribution is -2.40. The van der Waals surface area contributed by atoms with E-state index in [1.54, 1.807) is 83.8 Å². The van der Waals surface area contributed by atoms with Gasteiger partial charge in [0.15, 0.2) is 0 Å². The molecule has 0 bridgehead atoms. The number of aliphatic imine (C=N–C) groups is 1. The fourth-order valence-corrected chi connectivity index (χ4v) is 10.1. The molecule has 11 rings (SSSR count). The molecule has 6 aromatic carbocycles. The molecule has 0 radical (unpaired) electrons. The number of morpholine rings is 1. The van der Waals surface area contributed by atoms with E-state index in [0.29, 0.717) is 115 Å². The number of pyridine rings is 3. The Labute approximate surface area is 564 Å². The van der Waals surface area contributed by atoms with Crippen LogP contribution in [-0.4, -0.2) is 125 Å². The van der Waals surface area contributed by atoms with E-state index in [2.05, 4.69) is 81.0 Å². The Balaban J connectivity index is 0.000000165. The van der Waals surface area contributed by atoms with Gasteiger partial charge in [-0.2, -0.15) is 0 Å². The van der Waals surface area contributed by atoms with Crippen LogP contribution in [0.5, 0.6) is 0 Å². The lowest BCUT2D eigenvalue weighted by atomic mass is 10.1. The topological polar surface area (TPSA) is 241 Å². The molecular formula is C69H66Cl5N15O4. The second-order valence-corrected chi connectivity index (χ2v) is 23.5. The molecule has 0 unspecified atom stereocenters. The predicted molar refractivity (Wildman–Crippen MR) is 376 cm³/mol. The van der Waals surface area contributed by atoms with Crippen LogP contribution in [0.4, 0.5) is 34.5 Å². The summed E-state index contributed by atoms with van der Waals surface area (Å²) in [6, 6.07) is 51.4. The summed E-state index contributed by atoms with van der Waals surface area (Å²) in [5.41, 5.74) is 9.40. The summed E-state index contributed by atoms with van der Waals surface area (Å²) >= 11 is 29.8. The number of carbonyl (C=O) groups is 3. The van der Waals surface area contributed by atoms with Gasteiger partial charge < -0.3 is 51.3 Å². The molecule has 0 aliphatic carbocycles. The van der Waals surface area contributed by atoms with Crippen molar-refractivity contribution in [1.82, 2.24) is 29.7 Å². The SMILES string of the molecule is CN(C)C(=N)c1ccc(CNc2ccc(Cl)cc2C(=O)Nc2ccc(Cl)cn2)cc1.CN1CCN=C1c1ccc(CNc2ccc(Cl)cc2C(=O)Nc2ccc(Cl)cn2)cc1.N=C(c1ccc(CNc2ccccc2C(=O)Nc2ccc(Cl)cn2)cc1)N1CCOCC1. The van der Waals surface area contributed by atoms with Crippen LogP contribution in [0.25, 0.3) is 0 Å². The quantitative estimate of drug-likeness (QED) is 0.0295. The Bertz CT molecular complexity index is 4080. The van der Waals surface area contributed by atoms with Gasteiger partial charge >= 0.3 is 0 Å². The summed E-state index contributed by atoms with van der Waals surface area (Å²) < 4.78 is 5.36. The summed E-state index contributed by atoms with van der Waals surface area (Å²) in [7, 11) is 5.73. The number of amides is 3. The molecule has 93 heavy (non-hydrogen) atoms. The lowest BCUT2D eigenvalue weighted by Gasteiger charge is -2.29. The fourth-order valence-electron chi connectivity index (χ4n) is 9.45. The highest BCUT2D eigenvalue weighted by Gasteiger charge is 2.19. The number of hydrogen-bond acceptors (Lipinski definition) is 14. The minimum atomic E-state index is -0.329. The van der Waals surface area contributed by atoms with Crippen LogP contribution >= 0.6 is 58.0 Å². The number of nitrogens with one attached hydrogen (secondary N) is 8. The van der Waals surface area contributed by atoms with Crippen LogP contribution in [0.2, 0.25) is 25.1 Å². The molecule has 8 N–H and O–H groups in total. The molecule has 476 valence electrons. The zero-order valence-electron chi connectivity index (χ0n) is 50.9. The zero-order valence-corrected chi connectivity index (χ0v) is 54.7. The standard InChI is InChI=1S/C24H24ClN5O2.C23H21Cl2N5O.C22H21Cl2N5O/c25-19-9-10-22(28-16-19)29-24(31)20-3-1-2-4-21(20)27-15-17-5-7-18(8-6-17)23(26)30-11-13-32-14-12-30;1-30-11-10-26-22(30)16-4-2-15(3-5-16)13-27-20-8-6-17(24)12-19(20)23(31)29-21-9-7-18(25)14-28-21;1-29(2)21(25)15-5-3-14(4-6-15)12-26-19-9-7-16(23)11-18(19)22(30)28-20-10-8-17(24)13-27-20/h1-10,16,26-27H,11-15H2,(H,28,29,31);2-9,12,14,27H,10-11,13H2,1H3,(H,28,29,31);3-11,13,25-26H,12H2,1-2H3,(H,27,28,30). The predicted octanol–water partition coefficient (Wildman–Crippen LogP) is 14.3. The normalized spacial score (nSPS) is 12.4. The first-order chi connectivity index (χ1) is 44.9. The molecule has 24 heteroatoms. The molecule has 3 aromatic heterocycles. The first kappa shape index (κ1) is 67.8. The third-order valence-corrected chi connectivity index (χ3v) is 15.6. The van der Waals surface area contributed by atoms with Gasteiger partial charge in [-0.3, -0.25) is 30.2 Å². The molecule has 5 heterocycles. The number of nitrogens with zero attached hydrogens (tertiary/aromatic N) is 7.